The second-order valence-corrected chi connectivity index (χ2v) is 7.77. The number of ether oxygens (including phenoxy) is 2. The summed E-state index contributed by atoms with van der Waals surface area (Å²) in [7, 11) is 0. The van der Waals surface area contributed by atoms with Crippen LogP contribution in [0.3, 0.4) is 0 Å². The monoisotopic (exact) mass is 423 g/mol. The molecule has 8 nitrogen and oxygen atoms in total. The molecule has 0 spiro atoms. The van der Waals surface area contributed by atoms with Crippen LogP contribution < -0.4 is 4.74 Å². The van der Waals surface area contributed by atoms with Gasteiger partial charge in [0, 0.05) is 11.4 Å². The lowest BCUT2D eigenvalue weighted by Crippen LogP contribution is -2.54. The standard InChI is InChI=1S/C20H26ClN3O5/c1-4-5-6-7-17(25)28-12-19(2,3)18(26)20(27,24-14-22-13-23-24)29-16-10-8-15(21)9-11-16/h8-11,13-14,27H,4-7,12H2,1-3H3. The summed E-state index contributed by atoms with van der Waals surface area (Å²) in [6, 6.07) is 6.15. The molecule has 0 aliphatic rings. The molecule has 1 unspecified atom stereocenters. The van der Waals surface area contributed by atoms with Crippen molar-refractivity contribution in [3.05, 3.63) is 41.9 Å². The number of halogens is 1. The molecular formula is C20H26ClN3O5. The van der Waals surface area contributed by atoms with E-state index in [4.69, 9.17) is 21.1 Å². The molecule has 0 radical (unpaired) electrons. The van der Waals surface area contributed by atoms with Crippen molar-refractivity contribution >= 4 is 23.4 Å². The van der Waals surface area contributed by atoms with Gasteiger partial charge in [-0.1, -0.05) is 31.4 Å². The van der Waals surface area contributed by atoms with Crippen molar-refractivity contribution in [1.29, 1.82) is 0 Å². The van der Waals surface area contributed by atoms with E-state index in [2.05, 4.69) is 10.1 Å². The van der Waals surface area contributed by atoms with Gasteiger partial charge in [-0.2, -0.15) is 9.78 Å². The van der Waals surface area contributed by atoms with E-state index in [0.717, 1.165) is 23.9 Å². The van der Waals surface area contributed by atoms with Gasteiger partial charge in [0.15, 0.2) is 0 Å². The predicted molar refractivity (Wildman–Crippen MR) is 106 cm³/mol. The normalized spacial score (nSPS) is 13.6. The lowest BCUT2D eigenvalue weighted by atomic mass is 9.86. The quantitative estimate of drug-likeness (QED) is 0.336. The van der Waals surface area contributed by atoms with E-state index in [0.29, 0.717) is 5.02 Å². The third kappa shape index (κ3) is 6.01. The Morgan fingerprint density at radius 1 is 1.21 bits per heavy atom. The number of esters is 1. The number of benzene rings is 1. The zero-order valence-corrected chi connectivity index (χ0v) is 17.6. The lowest BCUT2D eigenvalue weighted by molar-refractivity contribution is -0.222. The first-order valence-electron chi connectivity index (χ1n) is 9.41. The van der Waals surface area contributed by atoms with Crippen LogP contribution in [0.15, 0.2) is 36.9 Å². The van der Waals surface area contributed by atoms with E-state index in [1.807, 2.05) is 6.92 Å². The summed E-state index contributed by atoms with van der Waals surface area (Å²) in [6.07, 6.45) is 5.27. The predicted octanol–water partition coefficient (Wildman–Crippen LogP) is 3.33. The maximum absolute atomic E-state index is 13.2. The molecule has 1 aromatic carbocycles. The summed E-state index contributed by atoms with van der Waals surface area (Å²) >= 11 is 5.87. The Hall–Kier alpha value is -2.45. The van der Waals surface area contributed by atoms with E-state index in [1.54, 1.807) is 26.0 Å². The molecular weight excluding hydrogens is 398 g/mol. The van der Waals surface area contributed by atoms with Gasteiger partial charge in [-0.25, -0.2) is 4.98 Å². The number of aliphatic hydroxyl groups is 1. The van der Waals surface area contributed by atoms with Gasteiger partial charge in [-0.15, -0.1) is 0 Å². The van der Waals surface area contributed by atoms with Gasteiger partial charge in [-0.3, -0.25) is 9.59 Å². The largest absolute Gasteiger partial charge is 0.465 e. The fraction of sp³-hybridized carbons (Fsp3) is 0.500. The third-order valence-electron chi connectivity index (χ3n) is 4.29. The summed E-state index contributed by atoms with van der Waals surface area (Å²) in [4.78, 5) is 28.9. The molecule has 0 amide bonds. The molecule has 2 rings (SSSR count). The maximum atomic E-state index is 13.2. The molecule has 0 aliphatic heterocycles. The van der Waals surface area contributed by atoms with Crippen LogP contribution in [0.2, 0.25) is 5.02 Å². The Bertz CT molecular complexity index is 808. The highest BCUT2D eigenvalue weighted by Gasteiger charge is 2.50. The summed E-state index contributed by atoms with van der Waals surface area (Å²) in [6.45, 7) is 4.94. The van der Waals surface area contributed by atoms with Crippen molar-refractivity contribution < 1.29 is 24.2 Å². The minimum absolute atomic E-state index is 0.202. The summed E-state index contributed by atoms with van der Waals surface area (Å²) in [5.41, 5.74) is -1.26. The van der Waals surface area contributed by atoms with E-state index >= 15 is 0 Å². The Morgan fingerprint density at radius 2 is 1.90 bits per heavy atom. The van der Waals surface area contributed by atoms with Crippen LogP contribution >= 0.6 is 11.6 Å². The molecule has 0 aliphatic carbocycles. The van der Waals surface area contributed by atoms with Gasteiger partial charge in [0.05, 0.1) is 5.41 Å². The minimum Gasteiger partial charge on any atom is -0.465 e. The molecule has 1 atom stereocenters. The molecule has 0 fully saturated rings. The van der Waals surface area contributed by atoms with Gasteiger partial charge in [0.1, 0.15) is 25.0 Å². The number of ketones is 1. The topological polar surface area (TPSA) is 104 Å². The Kier molecular flexibility index (Phi) is 7.75. The van der Waals surface area contributed by atoms with E-state index < -0.39 is 17.1 Å². The zero-order valence-electron chi connectivity index (χ0n) is 16.8. The first-order chi connectivity index (χ1) is 13.7. The summed E-state index contributed by atoms with van der Waals surface area (Å²) in [5, 5.41) is 15.5. The number of hydrogen-bond donors (Lipinski definition) is 1. The molecule has 9 heteroatoms. The smallest absolute Gasteiger partial charge is 0.376 e. The van der Waals surface area contributed by atoms with Crippen LogP contribution in [0.1, 0.15) is 46.5 Å². The number of carbonyl (C=O) groups is 2. The van der Waals surface area contributed by atoms with Crippen molar-refractivity contribution in [2.75, 3.05) is 6.61 Å². The fourth-order valence-electron chi connectivity index (χ4n) is 2.59. The van der Waals surface area contributed by atoms with Crippen LogP contribution in [-0.4, -0.2) is 38.2 Å². The average molecular weight is 424 g/mol. The Labute approximate surface area is 174 Å². The van der Waals surface area contributed by atoms with Crippen molar-refractivity contribution in [2.24, 2.45) is 5.41 Å². The minimum atomic E-state index is -2.48. The van der Waals surface area contributed by atoms with E-state index in [1.165, 1.54) is 24.8 Å². The first-order valence-corrected chi connectivity index (χ1v) is 9.79. The molecule has 0 saturated heterocycles. The highest BCUT2D eigenvalue weighted by molar-refractivity contribution is 6.30. The number of carbonyl (C=O) groups excluding carboxylic acids is 2. The van der Waals surface area contributed by atoms with Crippen LogP contribution in [0, 0.1) is 5.41 Å². The van der Waals surface area contributed by atoms with Crippen LogP contribution in [-0.2, 0) is 20.2 Å². The van der Waals surface area contributed by atoms with Crippen molar-refractivity contribution in [1.82, 2.24) is 14.8 Å². The van der Waals surface area contributed by atoms with Crippen molar-refractivity contribution in [3.8, 4) is 5.75 Å². The molecule has 1 heterocycles. The van der Waals surface area contributed by atoms with Gasteiger partial charge in [0.2, 0.25) is 5.78 Å². The maximum Gasteiger partial charge on any atom is 0.376 e. The van der Waals surface area contributed by atoms with Crippen molar-refractivity contribution in [3.63, 3.8) is 0 Å². The van der Waals surface area contributed by atoms with Gasteiger partial charge in [-0.05, 0) is 44.5 Å². The molecule has 158 valence electrons. The average Bonchev–Trinajstić information content (AvgIpc) is 3.23. The second kappa shape index (κ2) is 9.84. The van der Waals surface area contributed by atoms with E-state index in [9.17, 15) is 14.7 Å². The number of aromatic nitrogens is 3. The molecule has 1 N–H and O–H groups in total. The summed E-state index contributed by atoms with van der Waals surface area (Å²) in [5.74, 6) is -3.41. The van der Waals surface area contributed by atoms with Gasteiger partial charge < -0.3 is 14.6 Å². The SMILES string of the molecule is CCCCCC(=O)OCC(C)(C)C(=O)C(O)(Oc1ccc(Cl)cc1)n1cncn1. The van der Waals surface area contributed by atoms with Crippen molar-refractivity contribution in [2.45, 2.75) is 52.4 Å². The van der Waals surface area contributed by atoms with Gasteiger partial charge in [0.25, 0.3) is 0 Å². The Balaban J connectivity index is 2.18. The molecule has 0 saturated carbocycles. The van der Waals surface area contributed by atoms with E-state index in [-0.39, 0.29) is 24.7 Å². The van der Waals surface area contributed by atoms with Gasteiger partial charge >= 0.3 is 11.9 Å². The Morgan fingerprint density at radius 3 is 2.48 bits per heavy atom. The number of hydrogen-bond acceptors (Lipinski definition) is 7. The van der Waals surface area contributed by atoms with Crippen LogP contribution in [0.4, 0.5) is 0 Å². The lowest BCUT2D eigenvalue weighted by Gasteiger charge is -2.33. The second-order valence-electron chi connectivity index (χ2n) is 7.34. The number of unbranched alkanes of at least 4 members (excludes halogenated alkanes) is 2. The highest BCUT2D eigenvalue weighted by Crippen LogP contribution is 2.31. The number of nitrogens with zero attached hydrogens (tertiary/aromatic N) is 3. The fourth-order valence-corrected chi connectivity index (χ4v) is 2.71. The molecule has 29 heavy (non-hydrogen) atoms. The number of rotatable bonds is 11. The highest BCUT2D eigenvalue weighted by atomic mass is 35.5. The molecule has 1 aromatic heterocycles. The third-order valence-corrected chi connectivity index (χ3v) is 4.54. The molecule has 0 bridgehead atoms. The zero-order chi connectivity index (χ0) is 21.5. The first kappa shape index (κ1) is 22.8. The molecule has 2 aromatic rings. The number of Topliss-reactive ketones (excluding diaryl/α,β-unsaturated/α-hetero) is 1. The van der Waals surface area contributed by atoms with Crippen LogP contribution in [0.5, 0.6) is 5.75 Å². The van der Waals surface area contributed by atoms with Crippen LogP contribution in [0.25, 0.3) is 0 Å². The summed E-state index contributed by atoms with van der Waals surface area (Å²) < 4.78 is 11.8.